The van der Waals surface area contributed by atoms with E-state index in [0.717, 1.165) is 37.6 Å². The van der Waals surface area contributed by atoms with Gasteiger partial charge in [0.05, 0.1) is 14.2 Å². The van der Waals surface area contributed by atoms with Gasteiger partial charge in [-0.2, -0.15) is 0 Å². The third kappa shape index (κ3) is 8.88. The third-order valence-corrected chi connectivity index (χ3v) is 6.60. The lowest BCUT2D eigenvalue weighted by Gasteiger charge is -2.27. The van der Waals surface area contributed by atoms with Crippen molar-refractivity contribution in [1.29, 1.82) is 0 Å². The maximum Gasteiger partial charge on any atom is 0.414 e. The number of benzene rings is 3. The van der Waals surface area contributed by atoms with E-state index in [2.05, 4.69) is 83.0 Å². The Balaban J connectivity index is 0.000000663. The van der Waals surface area contributed by atoms with Gasteiger partial charge in [0.2, 0.25) is 0 Å². The molecule has 0 bridgehead atoms. The number of rotatable bonds is 12. The van der Waals surface area contributed by atoms with Crippen molar-refractivity contribution in [3.63, 3.8) is 0 Å². The largest absolute Gasteiger partial charge is 0.493 e. The molecule has 0 amide bonds. The van der Waals surface area contributed by atoms with E-state index in [1.807, 2.05) is 6.07 Å². The highest BCUT2D eigenvalue weighted by atomic mass is 16.5. The number of nitrogens with zero attached hydrogens (tertiary/aromatic N) is 1. The Hall–Kier alpha value is -4.30. The van der Waals surface area contributed by atoms with Crippen LogP contribution in [0.1, 0.15) is 42.4 Å². The smallest absolute Gasteiger partial charge is 0.414 e. The zero-order valence-electron chi connectivity index (χ0n) is 23.1. The van der Waals surface area contributed by atoms with E-state index in [9.17, 15) is 0 Å². The van der Waals surface area contributed by atoms with Gasteiger partial charge in [-0.1, -0.05) is 67.5 Å². The number of ether oxygens (including phenoxy) is 2. The Morgan fingerprint density at radius 3 is 1.88 bits per heavy atom. The number of hydrogen-bond donors (Lipinski definition) is 3. The van der Waals surface area contributed by atoms with Crippen LogP contribution in [0.4, 0.5) is 11.4 Å². The molecule has 1 aliphatic heterocycles. The fourth-order valence-electron chi connectivity index (χ4n) is 4.57. The van der Waals surface area contributed by atoms with Gasteiger partial charge in [0.15, 0.2) is 11.5 Å². The molecule has 4 rings (SSSR count). The first-order chi connectivity index (χ1) is 19.4. The molecule has 40 heavy (non-hydrogen) atoms. The third-order valence-electron chi connectivity index (χ3n) is 6.60. The molecule has 0 spiro atoms. The van der Waals surface area contributed by atoms with Crippen LogP contribution in [0.5, 0.6) is 11.5 Å². The second-order valence-corrected chi connectivity index (χ2v) is 9.32. The van der Waals surface area contributed by atoms with Gasteiger partial charge in [0.1, 0.15) is 0 Å². The Kier molecular flexibility index (Phi) is 12.1. The zero-order valence-corrected chi connectivity index (χ0v) is 23.1. The number of carboxylic acid groups (broad SMARTS) is 2. The van der Waals surface area contributed by atoms with Crippen molar-refractivity contribution in [2.45, 2.75) is 32.1 Å². The maximum atomic E-state index is 9.10. The standard InChI is InChI=1S/C30H36N2O2.C2H2O4/c1-33-29-18-15-24(23-30(29)34-2)19-21-31-20-9-3-4-10-22-32-27-13-7-5-11-25(27)16-17-26-12-6-8-14-28(26)32;3-1(4)2(5)6/h5-8,11-18,23,31H,3-4,9-10,19-22H2,1-2H3;(H,3,4)(H,5,6). The number of carbonyl (C=O) groups is 2. The molecule has 0 aromatic heterocycles. The summed E-state index contributed by atoms with van der Waals surface area (Å²) in [5, 5.41) is 18.4. The molecule has 0 unspecified atom stereocenters. The van der Waals surface area contributed by atoms with Crippen LogP contribution in [0.15, 0.2) is 66.7 Å². The van der Waals surface area contributed by atoms with Gasteiger partial charge in [-0.3, -0.25) is 0 Å². The molecule has 8 heteroatoms. The van der Waals surface area contributed by atoms with Crippen molar-refractivity contribution in [3.8, 4) is 11.5 Å². The monoisotopic (exact) mass is 546 g/mol. The van der Waals surface area contributed by atoms with E-state index in [1.165, 1.54) is 53.7 Å². The Labute approximate surface area is 235 Å². The van der Waals surface area contributed by atoms with Crippen LogP contribution in [-0.4, -0.2) is 56.0 Å². The van der Waals surface area contributed by atoms with Crippen molar-refractivity contribution in [1.82, 2.24) is 5.32 Å². The number of hydrogen-bond acceptors (Lipinski definition) is 6. The molecule has 0 saturated heterocycles. The molecule has 0 radical (unpaired) electrons. The zero-order chi connectivity index (χ0) is 28.7. The van der Waals surface area contributed by atoms with Crippen molar-refractivity contribution >= 4 is 35.5 Å². The molecule has 1 heterocycles. The second-order valence-electron chi connectivity index (χ2n) is 9.32. The number of para-hydroxylation sites is 2. The first-order valence-electron chi connectivity index (χ1n) is 13.5. The number of unbranched alkanes of at least 4 members (excludes halogenated alkanes) is 3. The van der Waals surface area contributed by atoms with E-state index in [-0.39, 0.29) is 0 Å². The maximum absolute atomic E-state index is 9.10. The molecule has 0 aliphatic carbocycles. The molecule has 3 aromatic rings. The van der Waals surface area contributed by atoms with E-state index < -0.39 is 11.9 Å². The summed E-state index contributed by atoms with van der Waals surface area (Å²) in [7, 11) is 3.35. The molecule has 3 aromatic carbocycles. The van der Waals surface area contributed by atoms with Crippen LogP contribution in [0.25, 0.3) is 12.2 Å². The highest BCUT2D eigenvalue weighted by molar-refractivity contribution is 6.27. The summed E-state index contributed by atoms with van der Waals surface area (Å²) in [5.41, 5.74) is 6.45. The van der Waals surface area contributed by atoms with Gasteiger partial charge >= 0.3 is 11.9 Å². The minimum atomic E-state index is -1.82. The first kappa shape index (κ1) is 30.2. The van der Waals surface area contributed by atoms with Crippen LogP contribution in [0.2, 0.25) is 0 Å². The number of methoxy groups -OCH3 is 2. The molecular weight excluding hydrogens is 508 g/mol. The quantitative estimate of drug-likeness (QED) is 0.191. The molecule has 212 valence electrons. The summed E-state index contributed by atoms with van der Waals surface area (Å²) in [4.78, 5) is 20.7. The van der Waals surface area contributed by atoms with Crippen LogP contribution in [0, 0.1) is 0 Å². The number of fused-ring (bicyclic) bond motifs is 2. The van der Waals surface area contributed by atoms with Gasteiger partial charge in [-0.05, 0) is 73.3 Å². The number of anilines is 2. The van der Waals surface area contributed by atoms with Crippen LogP contribution in [0.3, 0.4) is 0 Å². The summed E-state index contributed by atoms with van der Waals surface area (Å²) < 4.78 is 10.7. The lowest BCUT2D eigenvalue weighted by Crippen LogP contribution is -2.20. The number of aliphatic carboxylic acids is 2. The average molecular weight is 547 g/mol. The average Bonchev–Trinajstić information content (AvgIpc) is 3.13. The predicted octanol–water partition coefficient (Wildman–Crippen LogP) is 5.87. The molecule has 3 N–H and O–H groups in total. The lowest BCUT2D eigenvalue weighted by atomic mass is 10.1. The van der Waals surface area contributed by atoms with Crippen molar-refractivity contribution in [2.75, 3.05) is 38.8 Å². The highest BCUT2D eigenvalue weighted by Gasteiger charge is 2.16. The minimum absolute atomic E-state index is 0.780. The minimum Gasteiger partial charge on any atom is -0.493 e. The molecule has 0 fully saturated rings. The van der Waals surface area contributed by atoms with E-state index in [4.69, 9.17) is 29.3 Å². The Bertz CT molecular complexity index is 1230. The summed E-state index contributed by atoms with van der Waals surface area (Å²) in [6.07, 6.45) is 10.4. The van der Waals surface area contributed by atoms with Gasteiger partial charge in [0.25, 0.3) is 0 Å². The van der Waals surface area contributed by atoms with Crippen molar-refractivity contribution in [3.05, 3.63) is 83.4 Å². The topological polar surface area (TPSA) is 108 Å². The van der Waals surface area contributed by atoms with Crippen LogP contribution >= 0.6 is 0 Å². The first-order valence-corrected chi connectivity index (χ1v) is 13.5. The lowest BCUT2D eigenvalue weighted by molar-refractivity contribution is -0.159. The van der Waals surface area contributed by atoms with Gasteiger partial charge in [-0.25, -0.2) is 9.59 Å². The summed E-state index contributed by atoms with van der Waals surface area (Å²) in [6.45, 7) is 3.08. The van der Waals surface area contributed by atoms with Crippen LogP contribution in [-0.2, 0) is 16.0 Å². The van der Waals surface area contributed by atoms with Crippen molar-refractivity contribution < 1.29 is 29.3 Å². The molecule has 0 saturated carbocycles. The fourth-order valence-corrected chi connectivity index (χ4v) is 4.57. The van der Waals surface area contributed by atoms with E-state index in [1.54, 1.807) is 14.2 Å². The second kappa shape index (κ2) is 16.0. The summed E-state index contributed by atoms with van der Waals surface area (Å²) >= 11 is 0. The molecule has 0 atom stereocenters. The van der Waals surface area contributed by atoms with Crippen LogP contribution < -0.4 is 19.7 Å². The Morgan fingerprint density at radius 2 is 1.30 bits per heavy atom. The SMILES string of the molecule is COc1ccc(CCNCCCCCCN2c3ccccc3C=Cc3ccccc32)cc1OC.O=C(O)C(=O)O. The molecular formula is C32H38N2O6. The predicted molar refractivity (Wildman–Crippen MR) is 159 cm³/mol. The summed E-state index contributed by atoms with van der Waals surface area (Å²) in [6, 6.07) is 23.6. The van der Waals surface area contributed by atoms with E-state index >= 15 is 0 Å². The van der Waals surface area contributed by atoms with E-state index in [0.29, 0.717) is 0 Å². The number of carboxylic acids is 2. The molecule has 1 aliphatic rings. The van der Waals surface area contributed by atoms with Crippen molar-refractivity contribution in [2.24, 2.45) is 0 Å². The van der Waals surface area contributed by atoms with Gasteiger partial charge in [-0.15, -0.1) is 0 Å². The van der Waals surface area contributed by atoms with Gasteiger partial charge in [0, 0.05) is 17.9 Å². The summed E-state index contributed by atoms with van der Waals surface area (Å²) in [5.74, 6) is -2.07. The molecule has 8 nitrogen and oxygen atoms in total. The number of nitrogens with one attached hydrogen (secondary N) is 1. The van der Waals surface area contributed by atoms with Gasteiger partial charge < -0.3 is 29.9 Å². The Morgan fingerprint density at radius 1 is 0.725 bits per heavy atom. The highest BCUT2D eigenvalue weighted by Crippen LogP contribution is 2.36. The fraction of sp³-hybridized carbons (Fsp3) is 0.312. The normalized spacial score (nSPS) is 11.4.